The summed E-state index contributed by atoms with van der Waals surface area (Å²) in [5.74, 6) is 0. The summed E-state index contributed by atoms with van der Waals surface area (Å²) in [6.45, 7) is 3.91. The Kier molecular flexibility index (Phi) is 4.33. The molecule has 6 rings (SSSR count). The molecule has 0 atom stereocenters. The standard InChI is InChI=1S/C28H20F6N2/c1-15-13-14-19-22-20(15)17-11-7-8-12-18(17)24-35-21(16-9-5-4-6-10-16)23(36(22)24)26(25(19,2)3,27(29,30)31)28(32,33)34/h4-14H,1-3H3. The van der Waals surface area contributed by atoms with Crippen molar-refractivity contribution in [3.05, 3.63) is 83.6 Å². The maximum Gasteiger partial charge on any atom is 0.409 e. The van der Waals surface area contributed by atoms with Gasteiger partial charge in [0.1, 0.15) is 5.65 Å². The fraction of sp³-hybridized carbons (Fsp3) is 0.250. The topological polar surface area (TPSA) is 17.3 Å². The van der Waals surface area contributed by atoms with Gasteiger partial charge >= 0.3 is 12.4 Å². The first-order valence-corrected chi connectivity index (χ1v) is 11.4. The van der Waals surface area contributed by atoms with Crippen LogP contribution in [0.5, 0.6) is 0 Å². The zero-order valence-electron chi connectivity index (χ0n) is 19.5. The Morgan fingerprint density at radius 3 is 1.94 bits per heavy atom. The van der Waals surface area contributed by atoms with E-state index in [9.17, 15) is 0 Å². The van der Waals surface area contributed by atoms with Crippen LogP contribution in [0.4, 0.5) is 26.3 Å². The van der Waals surface area contributed by atoms with E-state index in [1.807, 2.05) is 13.0 Å². The van der Waals surface area contributed by atoms with Gasteiger partial charge < -0.3 is 0 Å². The summed E-state index contributed by atoms with van der Waals surface area (Å²) < 4.78 is 92.3. The number of pyridine rings is 1. The zero-order valence-corrected chi connectivity index (χ0v) is 19.5. The van der Waals surface area contributed by atoms with Crippen LogP contribution in [-0.4, -0.2) is 21.7 Å². The van der Waals surface area contributed by atoms with Gasteiger partial charge in [0.05, 0.1) is 16.9 Å². The average molecular weight is 498 g/mol. The van der Waals surface area contributed by atoms with Crippen molar-refractivity contribution in [2.45, 2.75) is 44.0 Å². The Bertz CT molecular complexity index is 1680. The number of benzene rings is 3. The molecule has 0 saturated carbocycles. The lowest BCUT2D eigenvalue weighted by atomic mass is 9.56. The fourth-order valence-electron chi connectivity index (χ4n) is 6.26. The molecule has 0 amide bonds. The van der Waals surface area contributed by atoms with Crippen LogP contribution in [0.3, 0.4) is 0 Å². The van der Waals surface area contributed by atoms with Gasteiger partial charge in [-0.1, -0.05) is 80.6 Å². The van der Waals surface area contributed by atoms with E-state index in [1.54, 1.807) is 42.5 Å². The highest BCUT2D eigenvalue weighted by Crippen LogP contribution is 2.66. The molecule has 0 unspecified atom stereocenters. The Balaban J connectivity index is 2.04. The molecular formula is C28H20F6N2. The van der Waals surface area contributed by atoms with Crippen LogP contribution in [0.15, 0.2) is 66.7 Å². The van der Waals surface area contributed by atoms with E-state index in [1.165, 1.54) is 18.2 Å². The van der Waals surface area contributed by atoms with Gasteiger partial charge in [-0.15, -0.1) is 0 Å². The number of nitrogens with zero attached hydrogens (tertiary/aromatic N) is 2. The maximum atomic E-state index is 15.2. The lowest BCUT2D eigenvalue weighted by Gasteiger charge is -2.51. The fourth-order valence-corrected chi connectivity index (χ4v) is 6.26. The highest BCUT2D eigenvalue weighted by atomic mass is 19.4. The van der Waals surface area contributed by atoms with E-state index >= 15 is 26.3 Å². The number of rotatable bonds is 1. The van der Waals surface area contributed by atoms with Crippen molar-refractivity contribution in [3.8, 4) is 11.3 Å². The summed E-state index contributed by atoms with van der Waals surface area (Å²) in [5, 5.41) is 1.85. The summed E-state index contributed by atoms with van der Waals surface area (Å²) in [4.78, 5) is 4.55. The summed E-state index contributed by atoms with van der Waals surface area (Å²) >= 11 is 0. The van der Waals surface area contributed by atoms with Crippen LogP contribution in [0.2, 0.25) is 0 Å². The molecule has 5 aromatic rings. The van der Waals surface area contributed by atoms with Crippen LogP contribution in [-0.2, 0) is 10.8 Å². The molecule has 0 saturated heterocycles. The summed E-state index contributed by atoms with van der Waals surface area (Å²) in [6.07, 6.45) is -11.3. The van der Waals surface area contributed by atoms with E-state index in [0.717, 1.165) is 29.2 Å². The van der Waals surface area contributed by atoms with Gasteiger partial charge in [-0.3, -0.25) is 4.40 Å². The molecule has 1 aliphatic rings. The molecule has 36 heavy (non-hydrogen) atoms. The monoisotopic (exact) mass is 498 g/mol. The first-order valence-electron chi connectivity index (χ1n) is 11.4. The Morgan fingerprint density at radius 2 is 1.33 bits per heavy atom. The molecule has 1 aliphatic heterocycles. The van der Waals surface area contributed by atoms with Crippen molar-refractivity contribution in [2.24, 2.45) is 0 Å². The van der Waals surface area contributed by atoms with Gasteiger partial charge in [-0.05, 0) is 23.4 Å². The molecule has 0 aliphatic carbocycles. The molecule has 8 heteroatoms. The number of imidazole rings is 1. The summed E-state index contributed by atoms with van der Waals surface area (Å²) in [5.41, 5.74) is -6.47. The minimum Gasteiger partial charge on any atom is -0.294 e. The van der Waals surface area contributed by atoms with Gasteiger partial charge in [0.15, 0.2) is 0 Å². The molecule has 2 aromatic heterocycles. The van der Waals surface area contributed by atoms with E-state index in [0.29, 0.717) is 16.3 Å². The number of fused-ring (bicyclic) bond motifs is 3. The molecule has 0 bridgehead atoms. The van der Waals surface area contributed by atoms with Gasteiger partial charge in [-0.2, -0.15) is 26.3 Å². The summed E-state index contributed by atoms with van der Waals surface area (Å²) in [7, 11) is 0. The van der Waals surface area contributed by atoms with Gasteiger partial charge in [0.25, 0.3) is 0 Å². The molecule has 0 radical (unpaired) electrons. The smallest absolute Gasteiger partial charge is 0.294 e. The predicted octanol–water partition coefficient (Wildman–Crippen LogP) is 8.27. The maximum absolute atomic E-state index is 15.2. The van der Waals surface area contributed by atoms with Crippen LogP contribution in [0, 0.1) is 6.92 Å². The third-order valence-electron chi connectivity index (χ3n) is 7.79. The average Bonchev–Trinajstić information content (AvgIpc) is 3.18. The second-order valence-electron chi connectivity index (χ2n) is 9.90. The number of aryl methyl sites for hydroxylation is 1. The lowest BCUT2D eigenvalue weighted by Crippen LogP contribution is -2.66. The predicted molar refractivity (Wildman–Crippen MR) is 127 cm³/mol. The summed E-state index contributed by atoms with van der Waals surface area (Å²) in [6, 6.07) is 17.8. The van der Waals surface area contributed by atoms with Crippen molar-refractivity contribution in [3.63, 3.8) is 0 Å². The Labute approximate surface area is 202 Å². The SMILES string of the molecule is Cc1ccc2c3c1c1ccccc1c1nc(-c4ccccc4)c(n13)C(C(F)(F)F)(C(F)(F)F)C2(C)C. The van der Waals surface area contributed by atoms with Gasteiger partial charge in [0, 0.05) is 21.8 Å². The van der Waals surface area contributed by atoms with Crippen molar-refractivity contribution in [1.82, 2.24) is 9.38 Å². The molecule has 0 N–H and O–H groups in total. The minimum atomic E-state index is -5.67. The van der Waals surface area contributed by atoms with E-state index in [2.05, 4.69) is 4.98 Å². The normalized spacial score (nSPS) is 16.9. The highest BCUT2D eigenvalue weighted by molar-refractivity contribution is 6.15. The molecule has 0 spiro atoms. The third kappa shape index (κ3) is 2.47. The Hall–Kier alpha value is -3.55. The van der Waals surface area contributed by atoms with E-state index in [4.69, 9.17) is 0 Å². The van der Waals surface area contributed by atoms with Crippen molar-refractivity contribution in [2.75, 3.05) is 0 Å². The minimum absolute atomic E-state index is 0.0157. The Morgan fingerprint density at radius 1 is 0.750 bits per heavy atom. The third-order valence-corrected chi connectivity index (χ3v) is 7.79. The number of hydrogen-bond acceptors (Lipinski definition) is 1. The number of aromatic nitrogens is 2. The second kappa shape index (κ2) is 6.81. The quantitative estimate of drug-likeness (QED) is 0.168. The highest BCUT2D eigenvalue weighted by Gasteiger charge is 2.80. The number of halogens is 6. The number of alkyl halides is 6. The molecular weight excluding hydrogens is 478 g/mol. The van der Waals surface area contributed by atoms with Crippen LogP contribution in [0.1, 0.15) is 30.7 Å². The first kappa shape index (κ1) is 22.9. The lowest BCUT2D eigenvalue weighted by molar-refractivity contribution is -0.323. The van der Waals surface area contributed by atoms with E-state index < -0.39 is 28.9 Å². The molecule has 3 aromatic carbocycles. The van der Waals surface area contributed by atoms with E-state index in [-0.39, 0.29) is 22.5 Å². The molecule has 0 fully saturated rings. The van der Waals surface area contributed by atoms with Crippen molar-refractivity contribution >= 4 is 27.3 Å². The van der Waals surface area contributed by atoms with Crippen molar-refractivity contribution in [1.29, 1.82) is 0 Å². The molecule has 3 heterocycles. The first-order chi connectivity index (χ1) is 16.8. The molecule has 2 nitrogen and oxygen atoms in total. The van der Waals surface area contributed by atoms with Gasteiger partial charge in [-0.25, -0.2) is 4.98 Å². The van der Waals surface area contributed by atoms with Crippen LogP contribution in [0.25, 0.3) is 38.6 Å². The van der Waals surface area contributed by atoms with Crippen LogP contribution < -0.4 is 0 Å². The van der Waals surface area contributed by atoms with Crippen molar-refractivity contribution < 1.29 is 26.3 Å². The molecule has 184 valence electrons. The zero-order chi connectivity index (χ0) is 25.8. The van der Waals surface area contributed by atoms with Gasteiger partial charge in [0.2, 0.25) is 5.41 Å². The number of hydrogen-bond donors (Lipinski definition) is 0. The largest absolute Gasteiger partial charge is 0.409 e. The van der Waals surface area contributed by atoms with Crippen LogP contribution >= 0.6 is 0 Å². The second-order valence-corrected chi connectivity index (χ2v) is 9.90.